The zero-order chi connectivity index (χ0) is 29.0. The van der Waals surface area contributed by atoms with Crippen LogP contribution < -0.4 is 3.71 Å². The summed E-state index contributed by atoms with van der Waals surface area (Å²) in [6, 6.07) is 12.6. The van der Waals surface area contributed by atoms with Crippen LogP contribution >= 0.6 is 0 Å². The Morgan fingerprint density at radius 2 is 1.21 bits per heavy atom. The molecule has 3 rings (SSSR count). The van der Waals surface area contributed by atoms with Crippen LogP contribution in [-0.4, -0.2) is 39.3 Å². The highest BCUT2D eigenvalue weighted by Gasteiger charge is 2.37. The number of ether oxygens (including phenoxy) is 1. The van der Waals surface area contributed by atoms with E-state index >= 15 is 0 Å². The van der Waals surface area contributed by atoms with Crippen LogP contribution in [0, 0.1) is 20.2 Å². The molecule has 15 heteroatoms. The lowest BCUT2D eigenvalue weighted by atomic mass is 10.1. The largest absolute Gasteiger partial charge is 0.462 e. The number of hydrogen-bond acceptors (Lipinski definition) is 10. The summed E-state index contributed by atoms with van der Waals surface area (Å²) < 4.78 is 59.6. The topological polar surface area (TPSA) is 184 Å². The zero-order valence-electron chi connectivity index (χ0n) is 20.3. The van der Waals surface area contributed by atoms with Crippen molar-refractivity contribution in [1.29, 1.82) is 0 Å². The fourth-order valence-electron chi connectivity index (χ4n) is 3.25. The second kappa shape index (κ2) is 11.4. The van der Waals surface area contributed by atoms with E-state index < -0.39 is 57.0 Å². The quantitative estimate of drug-likeness (QED) is 0.141. The number of carbonyl (C=O) groups excluding carboxylic acids is 1. The van der Waals surface area contributed by atoms with Crippen LogP contribution in [0.15, 0.2) is 94.7 Å². The first-order valence-electron chi connectivity index (χ1n) is 11.0. The molecule has 3 aromatic carbocycles. The fourth-order valence-corrected chi connectivity index (χ4v) is 6.94. The standard InChI is InChI=1S/C24H21N3O10S2/c1-17(2)24(28)37-16-15-18-3-5-21(6-4-18)27(38(33,34)22-11-7-19(8-12-22)25(29)30)39(35,36)23-13-9-20(10-14-23)26(31)32/h3-14H,1,15-16H2,2H3. The van der Waals surface area contributed by atoms with Crippen LogP contribution in [0.4, 0.5) is 17.1 Å². The smallest absolute Gasteiger partial charge is 0.333 e. The van der Waals surface area contributed by atoms with Crippen LogP contribution in [0.2, 0.25) is 0 Å². The van der Waals surface area contributed by atoms with Gasteiger partial charge in [-0.25, -0.2) is 21.6 Å². The molecule has 0 aliphatic carbocycles. The molecule has 204 valence electrons. The molecule has 0 bridgehead atoms. The lowest BCUT2D eigenvalue weighted by Gasteiger charge is -2.24. The highest BCUT2D eigenvalue weighted by atomic mass is 32.3. The van der Waals surface area contributed by atoms with E-state index in [1.807, 2.05) is 0 Å². The maximum atomic E-state index is 13.6. The minimum atomic E-state index is -4.87. The van der Waals surface area contributed by atoms with Gasteiger partial charge in [-0.15, -0.1) is 0 Å². The molecule has 3 aromatic rings. The van der Waals surface area contributed by atoms with E-state index in [2.05, 4.69) is 6.58 Å². The van der Waals surface area contributed by atoms with Gasteiger partial charge in [0.15, 0.2) is 0 Å². The van der Waals surface area contributed by atoms with Gasteiger partial charge in [0, 0.05) is 36.3 Å². The highest BCUT2D eigenvalue weighted by molar-refractivity contribution is 8.10. The predicted octanol–water partition coefficient (Wildman–Crippen LogP) is 3.75. The number of nitrogens with zero attached hydrogens (tertiary/aromatic N) is 3. The molecular weight excluding hydrogens is 554 g/mol. The van der Waals surface area contributed by atoms with Gasteiger partial charge in [0.1, 0.15) is 0 Å². The Labute approximate surface area is 223 Å². The average molecular weight is 576 g/mol. The summed E-state index contributed by atoms with van der Waals surface area (Å²) in [5.41, 5.74) is -0.303. The van der Waals surface area contributed by atoms with Crippen molar-refractivity contribution in [2.24, 2.45) is 0 Å². The van der Waals surface area contributed by atoms with Crippen molar-refractivity contribution in [1.82, 2.24) is 0 Å². The Morgan fingerprint density at radius 1 is 0.795 bits per heavy atom. The van der Waals surface area contributed by atoms with Gasteiger partial charge in [-0.05, 0) is 48.9 Å². The monoisotopic (exact) mass is 575 g/mol. The first kappa shape index (κ1) is 28.9. The fraction of sp³-hybridized carbons (Fsp3) is 0.125. The number of rotatable bonds is 11. The maximum absolute atomic E-state index is 13.6. The minimum absolute atomic E-state index is 0.00303. The number of benzene rings is 3. The van der Waals surface area contributed by atoms with Crippen LogP contribution in [-0.2, 0) is 36.0 Å². The van der Waals surface area contributed by atoms with Gasteiger partial charge in [0.2, 0.25) is 0 Å². The zero-order valence-corrected chi connectivity index (χ0v) is 21.9. The van der Waals surface area contributed by atoms with E-state index in [0.717, 1.165) is 48.5 Å². The molecule has 0 unspecified atom stereocenters. The molecule has 0 aromatic heterocycles. The normalized spacial score (nSPS) is 11.4. The van der Waals surface area contributed by atoms with Gasteiger partial charge in [-0.2, -0.15) is 3.71 Å². The molecule has 13 nitrogen and oxygen atoms in total. The van der Waals surface area contributed by atoms with Gasteiger partial charge >= 0.3 is 5.97 Å². The van der Waals surface area contributed by atoms with Crippen molar-refractivity contribution in [3.05, 3.63) is 111 Å². The lowest BCUT2D eigenvalue weighted by Crippen LogP contribution is -2.37. The van der Waals surface area contributed by atoms with E-state index in [0.29, 0.717) is 5.56 Å². The van der Waals surface area contributed by atoms with Crippen LogP contribution in [0.5, 0.6) is 0 Å². The highest BCUT2D eigenvalue weighted by Crippen LogP contribution is 2.32. The van der Waals surface area contributed by atoms with Crippen molar-refractivity contribution < 1.29 is 36.2 Å². The molecule has 0 saturated carbocycles. The SMILES string of the molecule is C=C(C)C(=O)OCCc1ccc(N(S(=O)(=O)c2ccc([N+](=O)[O-])cc2)S(=O)(=O)c2ccc([N+](=O)[O-])cc2)cc1. The Bertz CT molecular complexity index is 1550. The summed E-state index contributed by atoms with van der Waals surface area (Å²) in [5, 5.41) is 22.0. The molecule has 0 spiro atoms. The van der Waals surface area contributed by atoms with Gasteiger partial charge in [0.05, 0.1) is 31.9 Å². The first-order chi connectivity index (χ1) is 18.2. The predicted molar refractivity (Wildman–Crippen MR) is 139 cm³/mol. The van der Waals surface area contributed by atoms with E-state index in [1.54, 1.807) is 0 Å². The number of carbonyl (C=O) groups is 1. The van der Waals surface area contributed by atoms with E-state index in [-0.39, 0.29) is 28.0 Å². The molecule has 0 aliphatic rings. The van der Waals surface area contributed by atoms with E-state index in [4.69, 9.17) is 4.74 Å². The summed E-state index contributed by atoms with van der Waals surface area (Å²) >= 11 is 0. The first-order valence-corrected chi connectivity index (χ1v) is 13.8. The Hall–Kier alpha value is -4.63. The van der Waals surface area contributed by atoms with Crippen molar-refractivity contribution in [3.8, 4) is 0 Å². The molecule has 0 saturated heterocycles. The lowest BCUT2D eigenvalue weighted by molar-refractivity contribution is -0.385. The summed E-state index contributed by atoms with van der Waals surface area (Å²) in [5.74, 6) is -0.582. The summed E-state index contributed by atoms with van der Waals surface area (Å²) in [6.45, 7) is 4.96. The number of anilines is 1. The Morgan fingerprint density at radius 3 is 1.56 bits per heavy atom. The van der Waals surface area contributed by atoms with E-state index in [9.17, 15) is 41.9 Å². The number of nitro benzene ring substituents is 2. The average Bonchev–Trinajstić information content (AvgIpc) is 2.89. The number of non-ortho nitro benzene ring substituents is 2. The summed E-state index contributed by atoms with van der Waals surface area (Å²) in [4.78, 5) is 30.9. The van der Waals surface area contributed by atoms with Crippen molar-refractivity contribution in [2.75, 3.05) is 10.3 Å². The Kier molecular flexibility index (Phi) is 8.46. The summed E-state index contributed by atoms with van der Waals surface area (Å²) in [7, 11) is -9.74. The van der Waals surface area contributed by atoms with Crippen LogP contribution in [0.3, 0.4) is 0 Å². The number of hydrogen-bond donors (Lipinski definition) is 0. The van der Waals surface area contributed by atoms with Crippen LogP contribution in [0.25, 0.3) is 0 Å². The Balaban J connectivity index is 2.06. The molecule has 0 atom stereocenters. The molecule has 39 heavy (non-hydrogen) atoms. The minimum Gasteiger partial charge on any atom is -0.462 e. The van der Waals surface area contributed by atoms with Crippen molar-refractivity contribution in [3.63, 3.8) is 0 Å². The molecular formula is C24H21N3O10S2. The molecule has 0 aliphatic heterocycles. The third-order valence-electron chi connectivity index (χ3n) is 5.25. The molecule has 0 radical (unpaired) electrons. The second-order valence-electron chi connectivity index (χ2n) is 8.04. The van der Waals surface area contributed by atoms with Crippen LogP contribution in [0.1, 0.15) is 12.5 Å². The number of nitro groups is 2. The second-order valence-corrected chi connectivity index (χ2v) is 11.8. The third-order valence-corrected chi connectivity index (χ3v) is 9.46. The van der Waals surface area contributed by atoms with E-state index in [1.165, 1.54) is 31.2 Å². The maximum Gasteiger partial charge on any atom is 0.333 e. The number of esters is 1. The van der Waals surface area contributed by atoms with Crippen molar-refractivity contribution in [2.45, 2.75) is 23.1 Å². The molecule has 0 N–H and O–H groups in total. The summed E-state index contributed by atoms with van der Waals surface area (Å²) in [6.07, 6.45) is 0.240. The third kappa shape index (κ3) is 6.45. The van der Waals surface area contributed by atoms with Crippen molar-refractivity contribution >= 4 is 43.1 Å². The van der Waals surface area contributed by atoms with Gasteiger partial charge < -0.3 is 4.74 Å². The van der Waals surface area contributed by atoms with Gasteiger partial charge in [-0.3, -0.25) is 20.2 Å². The molecule has 0 heterocycles. The molecule has 0 fully saturated rings. The van der Waals surface area contributed by atoms with Gasteiger partial charge in [0.25, 0.3) is 31.4 Å². The molecule has 0 amide bonds. The number of sulfonamides is 2. The van der Waals surface area contributed by atoms with Gasteiger partial charge in [-0.1, -0.05) is 18.7 Å².